The van der Waals surface area contributed by atoms with E-state index in [1.165, 1.54) is 0 Å². The Morgan fingerprint density at radius 3 is 2.54 bits per heavy atom. The van der Waals surface area contributed by atoms with Gasteiger partial charge in [0.1, 0.15) is 11.6 Å². The van der Waals surface area contributed by atoms with Gasteiger partial charge in [-0.2, -0.15) is 0 Å². The lowest BCUT2D eigenvalue weighted by atomic mass is 10.2. The number of carbonyl (C=O) groups is 1. The first kappa shape index (κ1) is 16.6. The minimum absolute atomic E-state index is 0.204. The first-order valence-electron chi connectivity index (χ1n) is 7.31. The zero-order chi connectivity index (χ0) is 17.3. The molecule has 3 aromatic rings. The van der Waals surface area contributed by atoms with Gasteiger partial charge in [0.05, 0.1) is 0 Å². The normalized spacial score (nSPS) is 12.2. The molecule has 1 amide bonds. The number of oxazole rings is 1. The number of hydrogen-bond acceptors (Lipinski definition) is 4. The predicted molar refractivity (Wildman–Crippen MR) is 96.9 cm³/mol. The van der Waals surface area contributed by atoms with E-state index >= 15 is 0 Å². The van der Waals surface area contributed by atoms with E-state index in [-0.39, 0.29) is 5.91 Å². The van der Waals surface area contributed by atoms with Crippen LogP contribution in [-0.2, 0) is 4.79 Å². The molecular weight excluding hydrogens is 349 g/mol. The van der Waals surface area contributed by atoms with Crippen molar-refractivity contribution < 1.29 is 9.21 Å². The number of halogens is 2. The molecule has 0 aliphatic heterocycles. The highest BCUT2D eigenvalue weighted by Crippen LogP contribution is 2.23. The maximum absolute atomic E-state index is 12.3. The van der Waals surface area contributed by atoms with Crippen LogP contribution in [0.1, 0.15) is 12.8 Å². The Hall–Kier alpha value is -2.24. The highest BCUT2D eigenvalue weighted by atomic mass is 35.5. The first-order valence-corrected chi connectivity index (χ1v) is 8.07. The second-order valence-corrected chi connectivity index (χ2v) is 6.30. The Balaban J connectivity index is 1.70. The number of carbonyl (C=O) groups excluding carboxylic acids is 1. The zero-order valence-corrected chi connectivity index (χ0v) is 14.6. The summed E-state index contributed by atoms with van der Waals surface area (Å²) in [7, 11) is 0. The number of benzene rings is 2. The summed E-state index contributed by atoms with van der Waals surface area (Å²) in [6.45, 7) is 3.55. The lowest BCUT2D eigenvalue weighted by Crippen LogP contribution is -2.31. The second-order valence-electron chi connectivity index (χ2n) is 5.43. The molecule has 5 nitrogen and oxygen atoms in total. The maximum atomic E-state index is 12.3. The molecule has 1 atom stereocenters. The van der Waals surface area contributed by atoms with Crippen LogP contribution in [0.15, 0.2) is 40.8 Å². The van der Waals surface area contributed by atoms with Crippen LogP contribution in [0, 0.1) is 6.92 Å². The number of aromatic nitrogens is 1. The second kappa shape index (κ2) is 6.71. The van der Waals surface area contributed by atoms with Gasteiger partial charge in [0.2, 0.25) is 5.91 Å². The van der Waals surface area contributed by atoms with Crippen molar-refractivity contribution in [2.45, 2.75) is 19.9 Å². The third-order valence-corrected chi connectivity index (χ3v) is 3.84. The molecule has 0 bridgehead atoms. The summed E-state index contributed by atoms with van der Waals surface area (Å²) in [6.07, 6.45) is 0. The van der Waals surface area contributed by atoms with Gasteiger partial charge in [-0.25, -0.2) is 4.98 Å². The van der Waals surface area contributed by atoms with Crippen LogP contribution in [-0.4, -0.2) is 16.9 Å². The van der Waals surface area contributed by atoms with Crippen molar-refractivity contribution in [3.63, 3.8) is 0 Å². The van der Waals surface area contributed by atoms with E-state index in [1.54, 1.807) is 32.0 Å². The summed E-state index contributed by atoms with van der Waals surface area (Å²) in [5.41, 5.74) is 2.78. The molecular formula is C17H15Cl2N3O2. The number of aryl methyl sites for hydroxylation is 1. The molecule has 2 N–H and O–H groups in total. The number of anilines is 2. The van der Waals surface area contributed by atoms with Gasteiger partial charge in [-0.3, -0.25) is 4.79 Å². The van der Waals surface area contributed by atoms with Crippen LogP contribution in [0.4, 0.5) is 11.4 Å². The number of rotatable bonds is 4. The van der Waals surface area contributed by atoms with Gasteiger partial charge in [0.15, 0.2) is 11.5 Å². The fourth-order valence-corrected chi connectivity index (χ4v) is 2.85. The van der Waals surface area contributed by atoms with Crippen LogP contribution in [0.5, 0.6) is 0 Å². The molecule has 24 heavy (non-hydrogen) atoms. The number of nitrogens with zero attached hydrogens (tertiary/aromatic N) is 1. The van der Waals surface area contributed by atoms with Crippen LogP contribution < -0.4 is 10.6 Å². The zero-order valence-electron chi connectivity index (χ0n) is 13.1. The molecule has 3 rings (SSSR count). The van der Waals surface area contributed by atoms with Gasteiger partial charge >= 0.3 is 0 Å². The predicted octanol–water partition coefficient (Wildman–Crippen LogP) is 4.88. The standard InChI is InChI=1S/C17H15Cl2N3O2/c1-9(17(23)22-14-6-11(18)5-12(19)7-14)20-13-3-4-16-15(8-13)21-10(2)24-16/h3-9,20H,1-2H3,(H,22,23). The number of amides is 1. The molecule has 1 aromatic heterocycles. The summed E-state index contributed by atoms with van der Waals surface area (Å²) in [4.78, 5) is 16.6. The summed E-state index contributed by atoms with van der Waals surface area (Å²) in [5, 5.41) is 6.84. The molecule has 0 saturated carbocycles. The SMILES string of the molecule is Cc1nc2cc(NC(C)C(=O)Nc3cc(Cl)cc(Cl)c3)ccc2o1. The van der Waals surface area contributed by atoms with Gasteiger partial charge in [-0.15, -0.1) is 0 Å². The Bertz CT molecular complexity index is 888. The van der Waals surface area contributed by atoms with Crippen LogP contribution >= 0.6 is 23.2 Å². The van der Waals surface area contributed by atoms with Crippen molar-refractivity contribution in [1.29, 1.82) is 0 Å². The van der Waals surface area contributed by atoms with Crippen LogP contribution in [0.3, 0.4) is 0 Å². The molecule has 1 unspecified atom stereocenters. The van der Waals surface area contributed by atoms with Crippen LogP contribution in [0.25, 0.3) is 11.1 Å². The Morgan fingerprint density at radius 2 is 1.83 bits per heavy atom. The molecule has 2 aromatic carbocycles. The fourth-order valence-electron chi connectivity index (χ4n) is 2.32. The molecule has 0 aliphatic rings. The van der Waals surface area contributed by atoms with Crippen LogP contribution in [0.2, 0.25) is 10.0 Å². The van der Waals surface area contributed by atoms with E-state index < -0.39 is 6.04 Å². The van der Waals surface area contributed by atoms with E-state index in [2.05, 4.69) is 15.6 Å². The average Bonchev–Trinajstić information content (AvgIpc) is 2.85. The third kappa shape index (κ3) is 3.80. The van der Waals surface area contributed by atoms with E-state index in [0.717, 1.165) is 11.2 Å². The van der Waals surface area contributed by atoms with E-state index in [0.29, 0.717) is 27.2 Å². The molecule has 0 saturated heterocycles. The molecule has 124 valence electrons. The lowest BCUT2D eigenvalue weighted by Gasteiger charge is -2.15. The van der Waals surface area contributed by atoms with Gasteiger partial charge < -0.3 is 15.1 Å². The van der Waals surface area contributed by atoms with Crippen molar-refractivity contribution in [1.82, 2.24) is 4.98 Å². The molecule has 1 heterocycles. The first-order chi connectivity index (χ1) is 11.4. The molecule has 0 spiro atoms. The van der Waals surface area contributed by atoms with E-state index in [1.807, 2.05) is 18.2 Å². The quantitative estimate of drug-likeness (QED) is 0.692. The van der Waals surface area contributed by atoms with Crippen molar-refractivity contribution in [2.75, 3.05) is 10.6 Å². The highest BCUT2D eigenvalue weighted by Gasteiger charge is 2.14. The van der Waals surface area contributed by atoms with Gasteiger partial charge in [-0.1, -0.05) is 23.2 Å². The molecule has 0 fully saturated rings. The van der Waals surface area contributed by atoms with Crippen molar-refractivity contribution in [3.8, 4) is 0 Å². The molecule has 7 heteroatoms. The third-order valence-electron chi connectivity index (χ3n) is 3.40. The minimum atomic E-state index is -0.465. The maximum Gasteiger partial charge on any atom is 0.246 e. The Morgan fingerprint density at radius 1 is 1.12 bits per heavy atom. The molecule has 0 radical (unpaired) electrons. The van der Waals surface area contributed by atoms with Gasteiger partial charge in [-0.05, 0) is 43.3 Å². The summed E-state index contributed by atoms with van der Waals surface area (Å²) in [5.74, 6) is 0.399. The largest absolute Gasteiger partial charge is 0.441 e. The lowest BCUT2D eigenvalue weighted by molar-refractivity contribution is -0.116. The van der Waals surface area contributed by atoms with Gasteiger partial charge in [0.25, 0.3) is 0 Å². The smallest absolute Gasteiger partial charge is 0.246 e. The number of fused-ring (bicyclic) bond motifs is 1. The van der Waals surface area contributed by atoms with E-state index in [9.17, 15) is 4.79 Å². The monoisotopic (exact) mass is 363 g/mol. The molecule has 0 aliphatic carbocycles. The van der Waals surface area contributed by atoms with E-state index in [4.69, 9.17) is 27.6 Å². The summed E-state index contributed by atoms with van der Waals surface area (Å²) < 4.78 is 5.43. The summed E-state index contributed by atoms with van der Waals surface area (Å²) in [6, 6.07) is 9.92. The van der Waals surface area contributed by atoms with Gasteiger partial charge in [0, 0.05) is 28.3 Å². The number of hydrogen-bond donors (Lipinski definition) is 2. The minimum Gasteiger partial charge on any atom is -0.441 e. The van der Waals surface area contributed by atoms with Crippen molar-refractivity contribution in [3.05, 3.63) is 52.3 Å². The fraction of sp³-hybridized carbons (Fsp3) is 0.176. The topological polar surface area (TPSA) is 67.2 Å². The Kier molecular flexibility index (Phi) is 4.64. The van der Waals surface area contributed by atoms with Crippen molar-refractivity contribution in [2.24, 2.45) is 0 Å². The van der Waals surface area contributed by atoms with Crippen molar-refractivity contribution >= 4 is 51.6 Å². The highest BCUT2D eigenvalue weighted by molar-refractivity contribution is 6.35. The summed E-state index contributed by atoms with van der Waals surface area (Å²) >= 11 is 11.9. The average molecular weight is 364 g/mol. The number of nitrogens with one attached hydrogen (secondary N) is 2. The Labute approximate surface area is 149 Å².